The second kappa shape index (κ2) is 16.2. The number of fused-ring (bicyclic) bond motifs is 4. The number of imidazole rings is 1. The van der Waals surface area contributed by atoms with Gasteiger partial charge in [0, 0.05) is 61.7 Å². The summed E-state index contributed by atoms with van der Waals surface area (Å²) in [6.45, 7) is 8.91. The molecule has 0 aliphatic carbocycles. The van der Waals surface area contributed by atoms with Crippen molar-refractivity contribution in [3.05, 3.63) is 200 Å². The second-order valence-electron chi connectivity index (χ2n) is 15.7. The van der Waals surface area contributed by atoms with Crippen molar-refractivity contribution in [1.82, 2.24) is 18.7 Å². The zero-order valence-electron chi connectivity index (χ0n) is 34.0. The van der Waals surface area contributed by atoms with Gasteiger partial charge >= 0.3 is 0 Å². The summed E-state index contributed by atoms with van der Waals surface area (Å²) in [5, 5.41) is 2.28. The molecule has 0 N–H and O–H groups in total. The fourth-order valence-electron chi connectivity index (χ4n) is 8.48. The number of aromatic nitrogens is 4. The molecule has 3 aromatic heterocycles. The van der Waals surface area contributed by atoms with E-state index in [1.807, 2.05) is 6.20 Å². The summed E-state index contributed by atoms with van der Waals surface area (Å²) in [4.78, 5) is 7.32. The standard InChI is InChI=1S/C54H44N5.Pt/c1-37(2)41-31-32-55-53(33-41)59-49-26-12-11-23-47(49)48-30-29-44(35-52(48)59)58(43-22-15-21-42(34-43)57-36-56(38(3)4)50-27-13-14-28-51(50)57)54-45(39-17-7-5-8-18-39)24-16-25-46(54)40-19-9-6-10-20-40;/h5-33,36-38H,1-4H3;/q-1;. The van der Waals surface area contributed by atoms with Crippen LogP contribution in [-0.4, -0.2) is 18.7 Å². The van der Waals surface area contributed by atoms with Gasteiger partial charge in [0.1, 0.15) is 5.82 Å². The third-order valence-electron chi connectivity index (χ3n) is 11.4. The van der Waals surface area contributed by atoms with Gasteiger partial charge in [0.2, 0.25) is 0 Å². The van der Waals surface area contributed by atoms with E-state index >= 15 is 0 Å². The summed E-state index contributed by atoms with van der Waals surface area (Å²) < 4.78 is 6.86. The van der Waals surface area contributed by atoms with E-state index in [1.54, 1.807) is 0 Å². The van der Waals surface area contributed by atoms with Crippen molar-refractivity contribution >= 4 is 49.9 Å². The molecule has 6 heteroatoms. The van der Waals surface area contributed by atoms with Crippen LogP contribution >= 0.6 is 0 Å². The Morgan fingerprint density at radius 1 is 0.567 bits per heavy atom. The van der Waals surface area contributed by atoms with E-state index in [1.165, 1.54) is 11.1 Å². The maximum Gasteiger partial charge on any atom is 0.188 e. The molecule has 7 aromatic carbocycles. The molecule has 0 radical (unpaired) electrons. The van der Waals surface area contributed by atoms with Crippen LogP contribution in [0.1, 0.15) is 45.2 Å². The van der Waals surface area contributed by atoms with Gasteiger partial charge in [-0.1, -0.05) is 134 Å². The average Bonchev–Trinajstić information content (AvgIpc) is 3.84. The zero-order valence-corrected chi connectivity index (χ0v) is 36.3. The number of hydrogen-bond donors (Lipinski definition) is 0. The third kappa shape index (κ3) is 6.83. The molecule has 0 fully saturated rings. The van der Waals surface area contributed by atoms with Crippen molar-refractivity contribution in [2.24, 2.45) is 0 Å². The van der Waals surface area contributed by atoms with Crippen LogP contribution in [-0.2, 0) is 21.1 Å². The molecule has 0 atom stereocenters. The van der Waals surface area contributed by atoms with Crippen LogP contribution in [0, 0.1) is 12.1 Å². The van der Waals surface area contributed by atoms with E-state index in [0.29, 0.717) is 5.92 Å². The molecule has 0 aliphatic heterocycles. The monoisotopic (exact) mass is 957 g/mol. The smallest absolute Gasteiger partial charge is 0.188 e. The number of para-hydroxylation sites is 4. The van der Waals surface area contributed by atoms with Crippen LogP contribution in [0.25, 0.3) is 66.6 Å². The van der Waals surface area contributed by atoms with Crippen molar-refractivity contribution in [2.75, 3.05) is 4.90 Å². The number of rotatable bonds is 9. The van der Waals surface area contributed by atoms with Crippen molar-refractivity contribution in [3.8, 4) is 33.8 Å². The number of nitrogens with zero attached hydrogens (tertiary/aromatic N) is 5. The molecule has 10 rings (SSSR count). The van der Waals surface area contributed by atoms with E-state index in [-0.39, 0.29) is 27.1 Å². The van der Waals surface area contributed by atoms with Gasteiger partial charge in [-0.05, 0) is 72.2 Å². The molecule has 0 unspecified atom stereocenters. The largest absolute Gasteiger partial charge is 0.357 e. The molecule has 10 aromatic rings. The number of hydrogen-bond acceptors (Lipinski definition) is 2. The van der Waals surface area contributed by atoms with Crippen LogP contribution < -0.4 is 4.90 Å². The minimum Gasteiger partial charge on any atom is -0.357 e. The van der Waals surface area contributed by atoms with Crippen LogP contribution in [0.3, 0.4) is 0 Å². The Balaban J connectivity index is 0.00000462. The molecule has 0 spiro atoms. The first kappa shape index (κ1) is 38.9. The third-order valence-corrected chi connectivity index (χ3v) is 11.4. The average molecular weight is 958 g/mol. The van der Waals surface area contributed by atoms with Crippen LogP contribution in [0.15, 0.2) is 182 Å². The topological polar surface area (TPSA) is 30.9 Å². The number of anilines is 3. The molecule has 0 saturated carbocycles. The summed E-state index contributed by atoms with van der Waals surface area (Å²) in [5.41, 5.74) is 13.9. The Morgan fingerprint density at radius 2 is 1.18 bits per heavy atom. The Morgan fingerprint density at radius 3 is 1.87 bits per heavy atom. The number of pyridine rings is 1. The molecule has 5 nitrogen and oxygen atoms in total. The van der Waals surface area contributed by atoms with Crippen molar-refractivity contribution in [3.63, 3.8) is 0 Å². The maximum atomic E-state index is 4.97. The summed E-state index contributed by atoms with van der Waals surface area (Å²) in [5.74, 6) is 1.24. The van der Waals surface area contributed by atoms with E-state index in [0.717, 1.165) is 78.1 Å². The summed E-state index contributed by atoms with van der Waals surface area (Å²) in [7, 11) is 0. The predicted octanol–water partition coefficient (Wildman–Crippen LogP) is 14.3. The first-order valence-corrected chi connectivity index (χ1v) is 20.4. The Labute approximate surface area is 366 Å². The quantitative estimate of drug-likeness (QED) is 0.135. The van der Waals surface area contributed by atoms with Gasteiger partial charge in [-0.2, -0.15) is 12.1 Å². The van der Waals surface area contributed by atoms with Gasteiger partial charge in [0.15, 0.2) is 17.4 Å². The molecule has 0 bridgehead atoms. The van der Waals surface area contributed by atoms with Crippen LogP contribution in [0.2, 0.25) is 0 Å². The van der Waals surface area contributed by atoms with Crippen molar-refractivity contribution in [1.29, 1.82) is 0 Å². The van der Waals surface area contributed by atoms with Gasteiger partial charge in [0.25, 0.3) is 0 Å². The zero-order chi connectivity index (χ0) is 40.0. The normalized spacial score (nSPS) is 11.5. The summed E-state index contributed by atoms with van der Waals surface area (Å²) in [6.07, 6.45) is 4.13. The number of benzene rings is 7. The van der Waals surface area contributed by atoms with Gasteiger partial charge in [-0.25, -0.2) is 14.1 Å². The molecule has 3 heterocycles. The molecular weight excluding hydrogens is 914 g/mol. The van der Waals surface area contributed by atoms with E-state index < -0.39 is 0 Å². The van der Waals surface area contributed by atoms with Gasteiger partial charge in [-0.3, -0.25) is 0 Å². The van der Waals surface area contributed by atoms with Crippen molar-refractivity contribution < 1.29 is 21.1 Å². The van der Waals surface area contributed by atoms with E-state index in [4.69, 9.17) is 4.98 Å². The first-order chi connectivity index (χ1) is 28.9. The Kier molecular flexibility index (Phi) is 10.5. The van der Waals surface area contributed by atoms with E-state index in [2.05, 4.69) is 235 Å². The summed E-state index contributed by atoms with van der Waals surface area (Å²) >= 11 is 0. The Hall–Kier alpha value is -6.55. The molecule has 0 amide bonds. The minimum atomic E-state index is 0. The Bertz CT molecular complexity index is 3070. The van der Waals surface area contributed by atoms with Gasteiger partial charge in [0.05, 0.1) is 11.7 Å². The van der Waals surface area contributed by atoms with Gasteiger partial charge < -0.3 is 9.47 Å². The molecule has 296 valence electrons. The van der Waals surface area contributed by atoms with E-state index in [9.17, 15) is 0 Å². The molecule has 60 heavy (non-hydrogen) atoms. The SMILES string of the molecule is CC(C)c1ccnc(-n2c3[c-]c(N(c4[c-]c(-n5[cH+]n(C(C)C)c6ccccc65)ccc4)c4c(-c5ccccc5)cccc4-c4ccccc4)ccc3c3ccccc32)c1.[Pt]. The molecule has 0 aliphatic rings. The second-order valence-corrected chi connectivity index (χ2v) is 15.7. The first-order valence-electron chi connectivity index (χ1n) is 20.4. The maximum absolute atomic E-state index is 4.97. The van der Waals surface area contributed by atoms with Crippen LogP contribution in [0.4, 0.5) is 17.1 Å². The van der Waals surface area contributed by atoms with Crippen molar-refractivity contribution in [2.45, 2.75) is 39.7 Å². The predicted molar refractivity (Wildman–Crippen MR) is 246 cm³/mol. The fourth-order valence-corrected chi connectivity index (χ4v) is 8.48. The fraction of sp³-hybridized carbons (Fsp3) is 0.111. The minimum absolute atomic E-state index is 0. The molecular formula is C54H44N5Pt-. The molecule has 0 saturated heterocycles. The van der Waals surface area contributed by atoms with Gasteiger partial charge in [-0.15, -0.1) is 29.7 Å². The van der Waals surface area contributed by atoms with Crippen LogP contribution in [0.5, 0.6) is 0 Å². The summed E-state index contributed by atoms with van der Waals surface area (Å²) in [6, 6.07) is 68.7.